The Balaban J connectivity index is 2.00. The molecule has 0 radical (unpaired) electrons. The van der Waals surface area contributed by atoms with Crippen LogP contribution < -0.4 is 0 Å². The van der Waals surface area contributed by atoms with Gasteiger partial charge in [-0.25, -0.2) is 0 Å². The quantitative estimate of drug-likeness (QED) is 0.709. The van der Waals surface area contributed by atoms with Crippen LogP contribution in [0.15, 0.2) is 61.2 Å². The van der Waals surface area contributed by atoms with Crippen LogP contribution in [-0.4, -0.2) is 0 Å². The fraction of sp³-hybridized carbons (Fsp3) is 0.125. The number of hydrogen-bond acceptors (Lipinski definition) is 1. The molecule has 0 aliphatic carbocycles. The molecule has 84 valence electrons. The van der Waals surface area contributed by atoms with Gasteiger partial charge < -0.3 is 4.74 Å². The van der Waals surface area contributed by atoms with E-state index in [2.05, 4.69) is 36.9 Å². The molecular weight excluding hydrogens is 208 g/mol. The van der Waals surface area contributed by atoms with Crippen molar-refractivity contribution in [1.29, 1.82) is 0 Å². The van der Waals surface area contributed by atoms with Crippen molar-refractivity contribution in [3.63, 3.8) is 0 Å². The zero-order valence-corrected chi connectivity index (χ0v) is 9.60. The zero-order valence-electron chi connectivity index (χ0n) is 9.60. The molecular formula is C16H14O. The van der Waals surface area contributed by atoms with E-state index in [9.17, 15) is 0 Å². The highest BCUT2D eigenvalue weighted by atomic mass is 16.5. The topological polar surface area (TPSA) is 9.23 Å². The van der Waals surface area contributed by atoms with E-state index in [4.69, 9.17) is 4.74 Å². The van der Waals surface area contributed by atoms with Gasteiger partial charge in [0.1, 0.15) is 6.10 Å². The van der Waals surface area contributed by atoms with Gasteiger partial charge in [-0.1, -0.05) is 61.2 Å². The Hall–Kier alpha value is -1.86. The summed E-state index contributed by atoms with van der Waals surface area (Å²) in [6, 6.07) is 18.6. The lowest BCUT2D eigenvalue weighted by Crippen LogP contribution is -2.13. The SMILES string of the molecule is C=C1c2ccccc2COC1c1ccccc1. The van der Waals surface area contributed by atoms with Crippen LogP contribution in [0.1, 0.15) is 22.8 Å². The van der Waals surface area contributed by atoms with E-state index in [1.54, 1.807) is 0 Å². The largest absolute Gasteiger partial charge is 0.364 e. The third-order valence-corrected chi connectivity index (χ3v) is 3.19. The second-order valence-electron chi connectivity index (χ2n) is 4.28. The molecule has 0 spiro atoms. The number of benzene rings is 2. The summed E-state index contributed by atoms with van der Waals surface area (Å²) in [5.41, 5.74) is 4.68. The van der Waals surface area contributed by atoms with E-state index in [-0.39, 0.29) is 6.10 Å². The van der Waals surface area contributed by atoms with Gasteiger partial charge in [0.15, 0.2) is 0 Å². The fourth-order valence-corrected chi connectivity index (χ4v) is 2.30. The van der Waals surface area contributed by atoms with Crippen molar-refractivity contribution in [1.82, 2.24) is 0 Å². The molecule has 17 heavy (non-hydrogen) atoms. The first kappa shape index (κ1) is 10.3. The highest BCUT2D eigenvalue weighted by Crippen LogP contribution is 2.38. The Bertz CT molecular complexity index is 542. The maximum Gasteiger partial charge on any atom is 0.108 e. The van der Waals surface area contributed by atoms with Crippen molar-refractivity contribution >= 4 is 5.57 Å². The molecule has 0 N–H and O–H groups in total. The molecule has 3 rings (SSSR count). The fourth-order valence-electron chi connectivity index (χ4n) is 2.30. The zero-order chi connectivity index (χ0) is 11.7. The van der Waals surface area contributed by atoms with Crippen LogP contribution in [0.2, 0.25) is 0 Å². The highest BCUT2D eigenvalue weighted by Gasteiger charge is 2.23. The van der Waals surface area contributed by atoms with Crippen molar-refractivity contribution in [2.75, 3.05) is 0 Å². The van der Waals surface area contributed by atoms with Crippen molar-refractivity contribution in [2.45, 2.75) is 12.7 Å². The van der Waals surface area contributed by atoms with E-state index in [1.807, 2.05) is 24.3 Å². The van der Waals surface area contributed by atoms with Gasteiger partial charge in [-0.3, -0.25) is 0 Å². The molecule has 0 aromatic heterocycles. The lowest BCUT2D eigenvalue weighted by molar-refractivity contribution is 0.0713. The van der Waals surface area contributed by atoms with Gasteiger partial charge in [-0.15, -0.1) is 0 Å². The summed E-state index contributed by atoms with van der Waals surface area (Å²) < 4.78 is 5.90. The summed E-state index contributed by atoms with van der Waals surface area (Å²) >= 11 is 0. The van der Waals surface area contributed by atoms with Crippen LogP contribution in [-0.2, 0) is 11.3 Å². The highest BCUT2D eigenvalue weighted by molar-refractivity contribution is 5.72. The van der Waals surface area contributed by atoms with Crippen molar-refractivity contribution < 1.29 is 4.74 Å². The molecule has 0 bridgehead atoms. The van der Waals surface area contributed by atoms with E-state index in [0.717, 1.165) is 5.57 Å². The van der Waals surface area contributed by atoms with Gasteiger partial charge in [0.25, 0.3) is 0 Å². The monoisotopic (exact) mass is 222 g/mol. The third kappa shape index (κ3) is 1.79. The first-order valence-corrected chi connectivity index (χ1v) is 5.80. The van der Waals surface area contributed by atoms with Gasteiger partial charge in [0.05, 0.1) is 6.61 Å². The molecule has 0 amide bonds. The molecule has 2 aromatic rings. The van der Waals surface area contributed by atoms with Gasteiger partial charge in [-0.2, -0.15) is 0 Å². The Morgan fingerprint density at radius 2 is 1.65 bits per heavy atom. The summed E-state index contributed by atoms with van der Waals surface area (Å²) in [5.74, 6) is 0. The lowest BCUT2D eigenvalue weighted by Gasteiger charge is -2.27. The average molecular weight is 222 g/mol. The minimum atomic E-state index is -0.00824. The maximum atomic E-state index is 5.90. The molecule has 1 atom stereocenters. The average Bonchev–Trinajstić information content (AvgIpc) is 2.40. The van der Waals surface area contributed by atoms with Crippen LogP contribution in [0.4, 0.5) is 0 Å². The Morgan fingerprint density at radius 3 is 2.47 bits per heavy atom. The summed E-state index contributed by atoms with van der Waals surface area (Å²) in [6.07, 6.45) is -0.00824. The molecule has 1 heteroatoms. The Morgan fingerprint density at radius 1 is 0.941 bits per heavy atom. The Kier molecular flexibility index (Phi) is 2.54. The second-order valence-corrected chi connectivity index (χ2v) is 4.28. The van der Waals surface area contributed by atoms with E-state index < -0.39 is 0 Å². The second kappa shape index (κ2) is 4.19. The van der Waals surface area contributed by atoms with Crippen molar-refractivity contribution in [2.24, 2.45) is 0 Å². The van der Waals surface area contributed by atoms with Crippen LogP contribution in [0.5, 0.6) is 0 Å². The minimum Gasteiger partial charge on any atom is -0.364 e. The predicted octanol–water partition coefficient (Wildman–Crippen LogP) is 3.97. The van der Waals surface area contributed by atoms with Crippen LogP contribution in [0, 0.1) is 0 Å². The molecule has 2 aromatic carbocycles. The summed E-state index contributed by atoms with van der Waals surface area (Å²) in [5, 5.41) is 0. The van der Waals surface area contributed by atoms with E-state index in [0.29, 0.717) is 6.61 Å². The number of ether oxygens (including phenoxy) is 1. The number of hydrogen-bond donors (Lipinski definition) is 0. The van der Waals surface area contributed by atoms with E-state index in [1.165, 1.54) is 16.7 Å². The van der Waals surface area contributed by atoms with Crippen LogP contribution >= 0.6 is 0 Å². The molecule has 1 heterocycles. The molecule has 1 aliphatic heterocycles. The molecule has 1 aliphatic rings. The molecule has 0 saturated heterocycles. The first-order chi connectivity index (χ1) is 8.36. The van der Waals surface area contributed by atoms with Crippen LogP contribution in [0.3, 0.4) is 0 Å². The number of fused-ring (bicyclic) bond motifs is 1. The molecule has 0 fully saturated rings. The normalized spacial score (nSPS) is 18.8. The summed E-state index contributed by atoms with van der Waals surface area (Å²) in [4.78, 5) is 0. The van der Waals surface area contributed by atoms with Crippen molar-refractivity contribution in [3.8, 4) is 0 Å². The molecule has 1 unspecified atom stereocenters. The Labute approximate surface area is 101 Å². The standard InChI is InChI=1S/C16H14O/c1-12-15-10-6-5-9-14(15)11-17-16(12)13-7-3-2-4-8-13/h2-10,16H,1,11H2. The minimum absolute atomic E-state index is 0.00824. The maximum absolute atomic E-state index is 5.90. The van der Waals surface area contributed by atoms with Crippen molar-refractivity contribution in [3.05, 3.63) is 77.9 Å². The summed E-state index contributed by atoms with van der Waals surface area (Å²) in [7, 11) is 0. The third-order valence-electron chi connectivity index (χ3n) is 3.19. The van der Waals surface area contributed by atoms with Gasteiger partial charge >= 0.3 is 0 Å². The lowest BCUT2D eigenvalue weighted by atomic mass is 9.91. The molecule has 1 nitrogen and oxygen atoms in total. The smallest absolute Gasteiger partial charge is 0.108 e. The first-order valence-electron chi connectivity index (χ1n) is 5.80. The number of rotatable bonds is 1. The predicted molar refractivity (Wildman–Crippen MR) is 69.4 cm³/mol. The molecule has 0 saturated carbocycles. The van der Waals surface area contributed by atoms with Gasteiger partial charge in [0.2, 0.25) is 0 Å². The van der Waals surface area contributed by atoms with E-state index >= 15 is 0 Å². The van der Waals surface area contributed by atoms with Gasteiger partial charge in [-0.05, 0) is 22.3 Å². The van der Waals surface area contributed by atoms with Crippen LogP contribution in [0.25, 0.3) is 5.57 Å². The summed E-state index contributed by atoms with van der Waals surface area (Å²) in [6.45, 7) is 4.85. The van der Waals surface area contributed by atoms with Gasteiger partial charge in [0, 0.05) is 0 Å².